The van der Waals surface area contributed by atoms with E-state index in [1.165, 1.54) is 6.42 Å². The van der Waals surface area contributed by atoms with Gasteiger partial charge < -0.3 is 5.11 Å². The van der Waals surface area contributed by atoms with Crippen LogP contribution in [0, 0.1) is 17.3 Å². The molecule has 1 aliphatic rings. The molecule has 0 aromatic rings. The molecule has 0 radical (unpaired) electrons. The summed E-state index contributed by atoms with van der Waals surface area (Å²) < 4.78 is 0. The van der Waals surface area contributed by atoms with E-state index in [0.29, 0.717) is 0 Å². The van der Waals surface area contributed by atoms with Crippen molar-refractivity contribution in [2.45, 2.75) is 65.1 Å². The monoisotopic (exact) mass is 290 g/mol. The fraction of sp³-hybridized carbons (Fsp3) is 0.929. The van der Waals surface area contributed by atoms with Crippen molar-refractivity contribution in [1.82, 2.24) is 0 Å². The van der Waals surface area contributed by atoms with Gasteiger partial charge in [-0.05, 0) is 24.2 Å². The number of hydrogen-bond donors (Lipinski definition) is 3. The van der Waals surface area contributed by atoms with Crippen LogP contribution < -0.4 is 0 Å². The maximum atomic E-state index is 11.1. The maximum Gasteiger partial charge on any atom is 0.336 e. The van der Waals surface area contributed by atoms with Gasteiger partial charge in [-0.15, -0.1) is 0 Å². The van der Waals surface area contributed by atoms with Crippen molar-refractivity contribution in [3.05, 3.63) is 0 Å². The molecule has 0 heterocycles. The van der Waals surface area contributed by atoms with Crippen LogP contribution in [0.2, 0.25) is 0 Å². The number of aliphatic carboxylic acids is 1. The number of carbonyl (C=O) groups is 1. The van der Waals surface area contributed by atoms with Crippen LogP contribution in [0.15, 0.2) is 0 Å². The summed E-state index contributed by atoms with van der Waals surface area (Å²) in [6.07, 6.45) is 3.41. The van der Waals surface area contributed by atoms with Gasteiger partial charge in [0.25, 0.3) is 0 Å². The Balaban J connectivity index is 2.84. The molecule has 6 nitrogen and oxygen atoms in total. The molecule has 0 aliphatic heterocycles. The second-order valence-electron chi connectivity index (χ2n) is 6.32. The van der Waals surface area contributed by atoms with Crippen molar-refractivity contribution in [3.63, 3.8) is 0 Å². The SMILES string of the molecule is CC(C(OO)C(=O)O)C(C)C(OO)C1(C)CCCCC1. The number of hydrogen-bond acceptors (Lipinski definition) is 5. The minimum atomic E-state index is -1.32. The Bertz CT molecular complexity index is 313. The minimum absolute atomic E-state index is 0.181. The molecule has 1 aliphatic carbocycles. The van der Waals surface area contributed by atoms with Crippen LogP contribution in [-0.4, -0.2) is 33.8 Å². The molecule has 0 amide bonds. The van der Waals surface area contributed by atoms with Gasteiger partial charge in [-0.25, -0.2) is 14.6 Å². The Morgan fingerprint density at radius 2 is 1.60 bits per heavy atom. The largest absolute Gasteiger partial charge is 0.479 e. The van der Waals surface area contributed by atoms with E-state index in [0.717, 1.165) is 25.7 Å². The fourth-order valence-electron chi connectivity index (χ4n) is 3.42. The van der Waals surface area contributed by atoms with Crippen LogP contribution in [0.25, 0.3) is 0 Å². The summed E-state index contributed by atoms with van der Waals surface area (Å²) in [6, 6.07) is 0. The van der Waals surface area contributed by atoms with E-state index in [1.807, 2.05) is 6.92 Å². The lowest BCUT2D eigenvalue weighted by atomic mass is 9.66. The molecule has 1 fully saturated rings. The van der Waals surface area contributed by atoms with Gasteiger partial charge in [-0.3, -0.25) is 10.5 Å². The van der Waals surface area contributed by atoms with E-state index in [4.69, 9.17) is 15.3 Å². The second kappa shape index (κ2) is 7.36. The zero-order chi connectivity index (χ0) is 15.3. The molecule has 0 aromatic heterocycles. The summed E-state index contributed by atoms with van der Waals surface area (Å²) >= 11 is 0. The Kier molecular flexibility index (Phi) is 6.39. The third kappa shape index (κ3) is 3.69. The number of rotatable bonds is 7. The quantitative estimate of drug-likeness (QED) is 0.492. The summed E-state index contributed by atoms with van der Waals surface area (Å²) in [4.78, 5) is 19.8. The van der Waals surface area contributed by atoms with E-state index in [2.05, 4.69) is 11.8 Å². The molecular formula is C14H26O6. The van der Waals surface area contributed by atoms with Gasteiger partial charge >= 0.3 is 5.97 Å². The van der Waals surface area contributed by atoms with Gasteiger partial charge in [-0.1, -0.05) is 40.0 Å². The van der Waals surface area contributed by atoms with Crippen LogP contribution in [0.4, 0.5) is 0 Å². The molecule has 118 valence electrons. The van der Waals surface area contributed by atoms with Gasteiger partial charge in [0, 0.05) is 5.92 Å². The predicted octanol–water partition coefficient (Wildman–Crippen LogP) is 3.03. The normalized spacial score (nSPS) is 24.6. The van der Waals surface area contributed by atoms with E-state index < -0.39 is 24.1 Å². The molecule has 4 unspecified atom stereocenters. The molecule has 4 atom stereocenters. The summed E-state index contributed by atoms with van der Waals surface area (Å²) in [6.45, 7) is 5.56. The molecule has 6 heteroatoms. The molecule has 20 heavy (non-hydrogen) atoms. The van der Waals surface area contributed by atoms with E-state index in [1.54, 1.807) is 6.92 Å². The molecule has 0 bridgehead atoms. The number of carboxylic acids is 1. The standard InChI is InChI=1S/C14H26O6/c1-9(11(19-17)13(15)16)10(2)12(20-18)14(3)7-5-4-6-8-14/h9-12,17-18H,4-8H2,1-3H3,(H,15,16). The minimum Gasteiger partial charge on any atom is -0.479 e. The Morgan fingerprint density at radius 1 is 1.05 bits per heavy atom. The molecule has 0 spiro atoms. The van der Waals surface area contributed by atoms with E-state index in [-0.39, 0.29) is 11.3 Å². The van der Waals surface area contributed by atoms with Crippen molar-refractivity contribution >= 4 is 5.97 Å². The lowest BCUT2D eigenvalue weighted by Crippen LogP contribution is -2.46. The molecule has 0 aromatic carbocycles. The number of carboxylic acid groups (broad SMARTS) is 1. The Morgan fingerprint density at radius 3 is 2.00 bits per heavy atom. The van der Waals surface area contributed by atoms with Crippen molar-refractivity contribution in [3.8, 4) is 0 Å². The molecule has 1 rings (SSSR count). The molecular weight excluding hydrogens is 264 g/mol. The van der Waals surface area contributed by atoms with Crippen LogP contribution in [0.5, 0.6) is 0 Å². The average molecular weight is 290 g/mol. The first-order chi connectivity index (χ1) is 9.37. The third-order valence-corrected chi connectivity index (χ3v) is 4.94. The van der Waals surface area contributed by atoms with Crippen LogP contribution in [0.1, 0.15) is 52.9 Å². The smallest absolute Gasteiger partial charge is 0.336 e. The van der Waals surface area contributed by atoms with Crippen LogP contribution in [-0.2, 0) is 14.6 Å². The lowest BCUT2D eigenvalue weighted by Gasteiger charge is -2.43. The zero-order valence-corrected chi connectivity index (χ0v) is 12.4. The van der Waals surface area contributed by atoms with Gasteiger partial charge in [0.2, 0.25) is 0 Å². The first kappa shape index (κ1) is 17.4. The van der Waals surface area contributed by atoms with Crippen molar-refractivity contribution in [1.29, 1.82) is 0 Å². The second-order valence-corrected chi connectivity index (χ2v) is 6.32. The molecule has 1 saturated carbocycles. The highest BCUT2D eigenvalue weighted by Gasteiger charge is 2.44. The molecule has 0 saturated heterocycles. The van der Waals surface area contributed by atoms with Crippen LogP contribution in [0.3, 0.4) is 0 Å². The lowest BCUT2D eigenvalue weighted by molar-refractivity contribution is -0.331. The predicted molar refractivity (Wildman–Crippen MR) is 72.2 cm³/mol. The maximum absolute atomic E-state index is 11.1. The van der Waals surface area contributed by atoms with Crippen LogP contribution >= 0.6 is 0 Å². The van der Waals surface area contributed by atoms with E-state index >= 15 is 0 Å². The molecule has 3 N–H and O–H groups in total. The van der Waals surface area contributed by atoms with Gasteiger partial charge in [0.1, 0.15) is 6.10 Å². The van der Waals surface area contributed by atoms with Crippen molar-refractivity contribution in [2.75, 3.05) is 0 Å². The van der Waals surface area contributed by atoms with Gasteiger partial charge in [-0.2, -0.15) is 0 Å². The topological polar surface area (TPSA) is 96.2 Å². The van der Waals surface area contributed by atoms with Gasteiger partial charge in [0.05, 0.1) is 0 Å². The summed E-state index contributed by atoms with van der Waals surface area (Å²) in [5.41, 5.74) is -0.181. The highest BCUT2D eigenvalue weighted by Crippen LogP contribution is 2.44. The fourth-order valence-corrected chi connectivity index (χ4v) is 3.42. The Hall–Kier alpha value is -0.690. The third-order valence-electron chi connectivity index (χ3n) is 4.94. The highest BCUT2D eigenvalue weighted by atomic mass is 17.1. The summed E-state index contributed by atoms with van der Waals surface area (Å²) in [5.74, 6) is -1.98. The Labute approximate surface area is 119 Å². The average Bonchev–Trinajstić information content (AvgIpc) is 2.40. The van der Waals surface area contributed by atoms with E-state index in [9.17, 15) is 10.1 Å². The van der Waals surface area contributed by atoms with Crippen molar-refractivity contribution < 1.29 is 30.2 Å². The first-order valence-corrected chi connectivity index (χ1v) is 7.20. The highest BCUT2D eigenvalue weighted by molar-refractivity contribution is 5.72. The summed E-state index contributed by atoms with van der Waals surface area (Å²) in [7, 11) is 0. The summed E-state index contributed by atoms with van der Waals surface area (Å²) in [5, 5.41) is 27.1. The first-order valence-electron chi connectivity index (χ1n) is 7.20. The van der Waals surface area contributed by atoms with Gasteiger partial charge in [0.15, 0.2) is 6.10 Å². The zero-order valence-electron chi connectivity index (χ0n) is 12.4. The van der Waals surface area contributed by atoms with Crippen molar-refractivity contribution in [2.24, 2.45) is 17.3 Å².